The minimum absolute atomic E-state index is 0.680. The number of hydrogen-bond donors (Lipinski definition) is 2. The topological polar surface area (TPSA) is 40.7 Å². The van der Waals surface area contributed by atoms with Crippen molar-refractivity contribution in [1.82, 2.24) is 15.5 Å². The third-order valence-electron chi connectivity index (χ3n) is 4.48. The lowest BCUT2D eigenvalue weighted by Gasteiger charge is -2.30. The summed E-state index contributed by atoms with van der Waals surface area (Å²) in [6.45, 7) is 7.46. The standard InChI is InChI=1S/C15H27N3/c1-4-15(13-8-6-5-7-9-13)16-10-14-11(2)17-18-12(14)3/h13,15-16H,4-10H2,1-3H3,(H,17,18). The molecule has 102 valence electrons. The summed E-state index contributed by atoms with van der Waals surface area (Å²) < 4.78 is 0. The summed E-state index contributed by atoms with van der Waals surface area (Å²) in [5.41, 5.74) is 3.70. The zero-order valence-electron chi connectivity index (χ0n) is 12.1. The summed E-state index contributed by atoms with van der Waals surface area (Å²) in [6, 6.07) is 0.680. The van der Waals surface area contributed by atoms with Gasteiger partial charge in [0.15, 0.2) is 0 Å². The van der Waals surface area contributed by atoms with Crippen LogP contribution in [0.2, 0.25) is 0 Å². The maximum absolute atomic E-state index is 4.27. The van der Waals surface area contributed by atoms with Gasteiger partial charge in [-0.1, -0.05) is 26.2 Å². The molecule has 1 atom stereocenters. The third kappa shape index (κ3) is 3.14. The van der Waals surface area contributed by atoms with E-state index < -0.39 is 0 Å². The third-order valence-corrected chi connectivity index (χ3v) is 4.48. The maximum Gasteiger partial charge on any atom is 0.0638 e. The zero-order chi connectivity index (χ0) is 13.0. The summed E-state index contributed by atoms with van der Waals surface area (Å²) in [5.74, 6) is 0.885. The molecule has 18 heavy (non-hydrogen) atoms. The van der Waals surface area contributed by atoms with Gasteiger partial charge in [-0.3, -0.25) is 5.10 Å². The van der Waals surface area contributed by atoms with Gasteiger partial charge in [-0.15, -0.1) is 0 Å². The molecule has 1 aromatic heterocycles. The largest absolute Gasteiger partial charge is 0.310 e. The van der Waals surface area contributed by atoms with E-state index >= 15 is 0 Å². The Kier molecular flexibility index (Phi) is 4.81. The Labute approximate surface area is 111 Å². The van der Waals surface area contributed by atoms with Crippen LogP contribution in [0.25, 0.3) is 0 Å². The minimum atomic E-state index is 0.680. The highest BCUT2D eigenvalue weighted by atomic mass is 15.1. The van der Waals surface area contributed by atoms with Gasteiger partial charge < -0.3 is 5.32 Å². The molecule has 1 aromatic rings. The van der Waals surface area contributed by atoms with E-state index in [1.165, 1.54) is 49.8 Å². The summed E-state index contributed by atoms with van der Waals surface area (Å²) in [4.78, 5) is 0. The summed E-state index contributed by atoms with van der Waals surface area (Å²) in [7, 11) is 0. The predicted octanol–water partition coefficient (Wildman–Crippen LogP) is 3.48. The molecule has 1 heterocycles. The van der Waals surface area contributed by atoms with E-state index in [2.05, 4.69) is 36.3 Å². The van der Waals surface area contributed by atoms with Crippen molar-refractivity contribution < 1.29 is 0 Å². The van der Waals surface area contributed by atoms with Gasteiger partial charge in [-0.25, -0.2) is 0 Å². The second-order valence-corrected chi connectivity index (χ2v) is 5.71. The molecule has 0 radical (unpaired) electrons. The van der Waals surface area contributed by atoms with Gasteiger partial charge in [-0.05, 0) is 39.0 Å². The highest BCUT2D eigenvalue weighted by Gasteiger charge is 2.22. The van der Waals surface area contributed by atoms with E-state index in [0.717, 1.165) is 18.2 Å². The maximum atomic E-state index is 4.27. The first-order valence-corrected chi connectivity index (χ1v) is 7.46. The normalized spacial score (nSPS) is 19.1. The molecule has 0 aromatic carbocycles. The molecule has 0 aliphatic heterocycles. The van der Waals surface area contributed by atoms with Crippen molar-refractivity contribution in [2.24, 2.45) is 5.92 Å². The summed E-state index contributed by atoms with van der Waals surface area (Å²) in [6.07, 6.45) is 8.34. The van der Waals surface area contributed by atoms with E-state index in [1.807, 2.05) is 0 Å². The number of H-pyrrole nitrogens is 1. The molecule has 2 rings (SSSR count). The SMILES string of the molecule is CCC(NCc1c(C)n[nH]c1C)C1CCCCC1. The number of hydrogen-bond acceptors (Lipinski definition) is 2. The molecule has 2 N–H and O–H groups in total. The van der Waals surface area contributed by atoms with E-state index in [1.54, 1.807) is 0 Å². The molecule has 0 spiro atoms. The van der Waals surface area contributed by atoms with E-state index in [-0.39, 0.29) is 0 Å². The van der Waals surface area contributed by atoms with Crippen LogP contribution in [0.3, 0.4) is 0 Å². The van der Waals surface area contributed by atoms with Crippen LogP contribution in [0.15, 0.2) is 0 Å². The second-order valence-electron chi connectivity index (χ2n) is 5.71. The Morgan fingerprint density at radius 1 is 1.28 bits per heavy atom. The molecule has 1 fully saturated rings. The first-order valence-electron chi connectivity index (χ1n) is 7.46. The van der Waals surface area contributed by atoms with Crippen molar-refractivity contribution in [2.45, 2.75) is 71.9 Å². The summed E-state index contributed by atoms with van der Waals surface area (Å²) >= 11 is 0. The van der Waals surface area contributed by atoms with Gasteiger partial charge in [0.1, 0.15) is 0 Å². The first kappa shape index (κ1) is 13.6. The molecule has 3 nitrogen and oxygen atoms in total. The lowest BCUT2D eigenvalue weighted by molar-refractivity contribution is 0.261. The number of aromatic amines is 1. The number of nitrogens with zero attached hydrogens (tertiary/aromatic N) is 1. The number of rotatable bonds is 5. The van der Waals surface area contributed by atoms with Crippen LogP contribution in [-0.2, 0) is 6.54 Å². The lowest BCUT2D eigenvalue weighted by atomic mass is 9.83. The Balaban J connectivity index is 1.90. The second kappa shape index (κ2) is 6.37. The van der Waals surface area contributed by atoms with E-state index in [4.69, 9.17) is 0 Å². The molecule has 1 saturated carbocycles. The number of aryl methyl sites for hydroxylation is 2. The van der Waals surface area contributed by atoms with Crippen molar-refractivity contribution in [3.8, 4) is 0 Å². The van der Waals surface area contributed by atoms with Crippen molar-refractivity contribution >= 4 is 0 Å². The highest BCUT2D eigenvalue weighted by molar-refractivity contribution is 5.22. The van der Waals surface area contributed by atoms with Crippen LogP contribution in [0.4, 0.5) is 0 Å². The van der Waals surface area contributed by atoms with Crippen LogP contribution in [0.5, 0.6) is 0 Å². The summed E-state index contributed by atoms with van der Waals surface area (Å²) in [5, 5.41) is 11.1. The van der Waals surface area contributed by atoms with E-state index in [9.17, 15) is 0 Å². The van der Waals surface area contributed by atoms with Gasteiger partial charge in [0.05, 0.1) is 5.69 Å². The molecule has 1 aliphatic carbocycles. The van der Waals surface area contributed by atoms with Crippen LogP contribution < -0.4 is 5.32 Å². The van der Waals surface area contributed by atoms with Crippen molar-refractivity contribution in [3.63, 3.8) is 0 Å². The molecule has 1 aliphatic rings. The van der Waals surface area contributed by atoms with Crippen molar-refractivity contribution in [3.05, 3.63) is 17.0 Å². The van der Waals surface area contributed by atoms with Gasteiger partial charge in [0.2, 0.25) is 0 Å². The Bertz CT molecular complexity index is 344. The minimum Gasteiger partial charge on any atom is -0.310 e. The number of aromatic nitrogens is 2. The zero-order valence-corrected chi connectivity index (χ0v) is 12.1. The average molecular weight is 249 g/mol. The Morgan fingerprint density at radius 3 is 2.56 bits per heavy atom. The smallest absolute Gasteiger partial charge is 0.0638 e. The molecule has 1 unspecified atom stereocenters. The molecular weight excluding hydrogens is 222 g/mol. The Morgan fingerprint density at radius 2 is 2.00 bits per heavy atom. The Hall–Kier alpha value is -0.830. The molecule has 0 amide bonds. The first-order chi connectivity index (χ1) is 8.72. The predicted molar refractivity (Wildman–Crippen MR) is 75.6 cm³/mol. The lowest BCUT2D eigenvalue weighted by Crippen LogP contribution is -2.36. The van der Waals surface area contributed by atoms with Crippen molar-refractivity contribution in [2.75, 3.05) is 0 Å². The fourth-order valence-corrected chi connectivity index (χ4v) is 3.25. The molecule has 0 saturated heterocycles. The quantitative estimate of drug-likeness (QED) is 0.839. The number of nitrogens with one attached hydrogen (secondary N) is 2. The van der Waals surface area contributed by atoms with Crippen molar-refractivity contribution in [1.29, 1.82) is 0 Å². The van der Waals surface area contributed by atoms with Crippen LogP contribution >= 0.6 is 0 Å². The van der Waals surface area contributed by atoms with Crippen LogP contribution in [0.1, 0.15) is 62.4 Å². The van der Waals surface area contributed by atoms with Gasteiger partial charge >= 0.3 is 0 Å². The monoisotopic (exact) mass is 249 g/mol. The van der Waals surface area contributed by atoms with Crippen LogP contribution in [-0.4, -0.2) is 16.2 Å². The van der Waals surface area contributed by atoms with Gasteiger partial charge in [0.25, 0.3) is 0 Å². The van der Waals surface area contributed by atoms with Gasteiger partial charge in [-0.2, -0.15) is 5.10 Å². The highest BCUT2D eigenvalue weighted by Crippen LogP contribution is 2.28. The molecular formula is C15H27N3. The van der Waals surface area contributed by atoms with Crippen LogP contribution in [0, 0.1) is 19.8 Å². The fraction of sp³-hybridized carbons (Fsp3) is 0.800. The average Bonchev–Trinajstić information content (AvgIpc) is 2.72. The molecule has 0 bridgehead atoms. The van der Waals surface area contributed by atoms with Gasteiger partial charge in [0, 0.05) is 23.8 Å². The molecule has 3 heteroatoms. The fourth-order valence-electron chi connectivity index (χ4n) is 3.25. The van der Waals surface area contributed by atoms with E-state index in [0.29, 0.717) is 6.04 Å².